The zero-order valence-corrected chi connectivity index (χ0v) is 13.6. The van der Waals surface area contributed by atoms with Gasteiger partial charge in [0.2, 0.25) is 0 Å². The Labute approximate surface area is 133 Å². The summed E-state index contributed by atoms with van der Waals surface area (Å²) in [6.45, 7) is 5.70. The summed E-state index contributed by atoms with van der Waals surface area (Å²) in [7, 11) is 0. The third kappa shape index (κ3) is 3.74. The highest BCUT2D eigenvalue weighted by Crippen LogP contribution is 2.25. The van der Waals surface area contributed by atoms with Gasteiger partial charge in [-0.1, -0.05) is 29.8 Å². The van der Waals surface area contributed by atoms with Crippen molar-refractivity contribution >= 4 is 23.2 Å². The van der Waals surface area contributed by atoms with Gasteiger partial charge < -0.3 is 0 Å². The number of nitro benzene ring substituents is 1. The highest BCUT2D eigenvalue weighted by Gasteiger charge is 2.15. The number of carbonyl (C=O) groups is 1. The van der Waals surface area contributed by atoms with E-state index in [4.69, 9.17) is 0 Å². The van der Waals surface area contributed by atoms with E-state index < -0.39 is 4.92 Å². The van der Waals surface area contributed by atoms with Crippen LogP contribution < -0.4 is 0 Å². The molecule has 5 heteroatoms. The van der Waals surface area contributed by atoms with Crippen molar-refractivity contribution in [1.29, 1.82) is 0 Å². The second-order valence-corrected chi connectivity index (χ2v) is 6.26. The molecule has 0 amide bonds. The number of rotatable bonds is 5. The Morgan fingerprint density at radius 3 is 2.45 bits per heavy atom. The van der Waals surface area contributed by atoms with Crippen molar-refractivity contribution in [3.8, 4) is 0 Å². The van der Waals surface area contributed by atoms with Crippen LogP contribution in [0.1, 0.15) is 27.0 Å². The molecule has 22 heavy (non-hydrogen) atoms. The van der Waals surface area contributed by atoms with Gasteiger partial charge in [0.05, 0.1) is 10.7 Å². The van der Waals surface area contributed by atoms with E-state index >= 15 is 0 Å². The van der Waals surface area contributed by atoms with E-state index in [0.717, 1.165) is 10.5 Å². The van der Waals surface area contributed by atoms with E-state index in [2.05, 4.69) is 6.07 Å². The fourth-order valence-corrected chi connectivity index (χ4v) is 3.07. The van der Waals surface area contributed by atoms with Gasteiger partial charge in [-0.25, -0.2) is 0 Å². The van der Waals surface area contributed by atoms with Crippen LogP contribution in [0.15, 0.2) is 41.3 Å². The number of benzene rings is 2. The van der Waals surface area contributed by atoms with Crippen LogP contribution in [0.4, 0.5) is 5.69 Å². The predicted molar refractivity (Wildman–Crippen MR) is 88.8 cm³/mol. The van der Waals surface area contributed by atoms with Gasteiger partial charge in [-0.05, 0) is 32.4 Å². The molecule has 4 nitrogen and oxygen atoms in total. The van der Waals surface area contributed by atoms with Crippen LogP contribution in [0, 0.1) is 30.9 Å². The first-order valence-electron chi connectivity index (χ1n) is 6.87. The van der Waals surface area contributed by atoms with Crippen LogP contribution >= 0.6 is 11.8 Å². The van der Waals surface area contributed by atoms with Gasteiger partial charge in [-0.3, -0.25) is 14.9 Å². The normalized spacial score (nSPS) is 10.5. The lowest BCUT2D eigenvalue weighted by Gasteiger charge is -2.06. The first-order chi connectivity index (χ1) is 10.4. The maximum atomic E-state index is 12.2. The number of Topliss-reactive ketones (excluding diaryl/α,β-unsaturated/α-hetero) is 1. The Morgan fingerprint density at radius 1 is 1.09 bits per heavy atom. The number of hydrogen-bond donors (Lipinski definition) is 0. The van der Waals surface area contributed by atoms with Crippen LogP contribution in [0.25, 0.3) is 0 Å². The zero-order chi connectivity index (χ0) is 16.3. The Kier molecular flexibility index (Phi) is 4.98. The summed E-state index contributed by atoms with van der Waals surface area (Å²) >= 11 is 1.46. The summed E-state index contributed by atoms with van der Waals surface area (Å²) in [6, 6.07) is 10.7. The van der Waals surface area contributed by atoms with Crippen LogP contribution in [-0.4, -0.2) is 16.5 Å². The topological polar surface area (TPSA) is 60.2 Å². The molecule has 0 heterocycles. The molecule has 2 aromatic carbocycles. The van der Waals surface area contributed by atoms with Crippen molar-refractivity contribution in [2.45, 2.75) is 25.7 Å². The third-order valence-electron chi connectivity index (χ3n) is 3.42. The van der Waals surface area contributed by atoms with E-state index in [1.165, 1.54) is 23.4 Å². The molecule has 114 valence electrons. The minimum Gasteiger partial charge on any atom is -0.293 e. The second-order valence-electron chi connectivity index (χ2n) is 5.24. The second kappa shape index (κ2) is 6.75. The highest BCUT2D eigenvalue weighted by atomic mass is 32.2. The van der Waals surface area contributed by atoms with Crippen molar-refractivity contribution in [2.75, 3.05) is 5.75 Å². The number of nitrogens with zero attached hydrogens (tertiary/aromatic N) is 1. The number of thioether (sulfide) groups is 1. The fourth-order valence-electron chi connectivity index (χ4n) is 2.17. The number of carbonyl (C=O) groups excluding carboxylic acids is 1. The Morgan fingerprint density at radius 2 is 1.82 bits per heavy atom. The minimum atomic E-state index is -0.455. The molecule has 0 fully saturated rings. The van der Waals surface area contributed by atoms with E-state index in [9.17, 15) is 14.9 Å². The standard InChI is InChI=1S/C17H17NO3S/c1-11-4-7-17(13(3)8-11)22-10-16(19)14-6-5-12(2)15(9-14)18(20)21/h4-9H,10H2,1-3H3. The summed E-state index contributed by atoms with van der Waals surface area (Å²) in [4.78, 5) is 23.8. The van der Waals surface area contributed by atoms with Crippen molar-refractivity contribution < 1.29 is 9.72 Å². The Balaban J connectivity index is 2.12. The van der Waals surface area contributed by atoms with Crippen LogP contribution in [0.5, 0.6) is 0 Å². The van der Waals surface area contributed by atoms with Gasteiger partial charge in [-0.15, -0.1) is 11.8 Å². The summed E-state index contributed by atoms with van der Waals surface area (Å²) in [5.74, 6) is 0.164. The largest absolute Gasteiger partial charge is 0.293 e. The van der Waals surface area contributed by atoms with Crippen LogP contribution in [-0.2, 0) is 0 Å². The molecule has 0 unspecified atom stereocenters. The van der Waals surface area contributed by atoms with E-state index in [1.807, 2.05) is 26.0 Å². The smallest absolute Gasteiger partial charge is 0.273 e. The molecule has 0 atom stereocenters. The lowest BCUT2D eigenvalue weighted by molar-refractivity contribution is -0.385. The quantitative estimate of drug-likeness (QED) is 0.353. The van der Waals surface area contributed by atoms with E-state index in [-0.39, 0.29) is 17.2 Å². The zero-order valence-electron chi connectivity index (χ0n) is 12.8. The first-order valence-corrected chi connectivity index (χ1v) is 7.85. The lowest BCUT2D eigenvalue weighted by Crippen LogP contribution is -2.04. The summed E-state index contributed by atoms with van der Waals surface area (Å²) < 4.78 is 0. The SMILES string of the molecule is Cc1ccc(SCC(=O)c2ccc(C)c([N+](=O)[O-])c2)c(C)c1. The van der Waals surface area contributed by atoms with Crippen molar-refractivity contribution in [3.05, 3.63) is 68.8 Å². The Hall–Kier alpha value is -2.14. The minimum absolute atomic E-state index is 0.0117. The monoisotopic (exact) mass is 315 g/mol. The molecule has 0 saturated heterocycles. The van der Waals surface area contributed by atoms with Gasteiger partial charge in [0, 0.05) is 22.1 Å². The molecule has 0 bridgehead atoms. The average Bonchev–Trinajstić information content (AvgIpc) is 2.46. The van der Waals surface area contributed by atoms with Gasteiger partial charge in [0.1, 0.15) is 0 Å². The molecule has 0 spiro atoms. The predicted octanol–water partition coefficient (Wildman–Crippen LogP) is 4.50. The maximum Gasteiger partial charge on any atom is 0.273 e. The molecule has 0 aliphatic carbocycles. The molecular weight excluding hydrogens is 298 g/mol. The summed E-state index contributed by atoms with van der Waals surface area (Å²) in [6.07, 6.45) is 0. The van der Waals surface area contributed by atoms with E-state index in [0.29, 0.717) is 11.1 Å². The molecule has 0 aromatic heterocycles. The molecule has 0 saturated carbocycles. The highest BCUT2D eigenvalue weighted by molar-refractivity contribution is 8.00. The third-order valence-corrected chi connectivity index (χ3v) is 4.59. The number of hydrogen-bond acceptors (Lipinski definition) is 4. The lowest BCUT2D eigenvalue weighted by atomic mass is 10.1. The van der Waals surface area contributed by atoms with Gasteiger partial charge in [0.25, 0.3) is 5.69 Å². The number of ketones is 1. The number of nitro groups is 1. The van der Waals surface area contributed by atoms with Crippen molar-refractivity contribution in [1.82, 2.24) is 0 Å². The summed E-state index contributed by atoms with van der Waals surface area (Å²) in [5.41, 5.74) is 3.25. The molecule has 0 N–H and O–H groups in total. The average molecular weight is 315 g/mol. The van der Waals surface area contributed by atoms with Crippen molar-refractivity contribution in [3.63, 3.8) is 0 Å². The van der Waals surface area contributed by atoms with Crippen LogP contribution in [0.2, 0.25) is 0 Å². The molecule has 2 rings (SSSR count). The summed E-state index contributed by atoms with van der Waals surface area (Å²) in [5, 5.41) is 10.9. The van der Waals surface area contributed by atoms with Gasteiger partial charge >= 0.3 is 0 Å². The molecule has 0 radical (unpaired) electrons. The van der Waals surface area contributed by atoms with Gasteiger partial charge in [0.15, 0.2) is 5.78 Å². The maximum absolute atomic E-state index is 12.2. The van der Waals surface area contributed by atoms with Crippen LogP contribution in [0.3, 0.4) is 0 Å². The van der Waals surface area contributed by atoms with Gasteiger partial charge in [-0.2, -0.15) is 0 Å². The molecule has 0 aliphatic heterocycles. The van der Waals surface area contributed by atoms with Crippen molar-refractivity contribution in [2.24, 2.45) is 0 Å². The Bertz CT molecular complexity index is 741. The molecule has 2 aromatic rings. The fraction of sp³-hybridized carbons (Fsp3) is 0.235. The van der Waals surface area contributed by atoms with E-state index in [1.54, 1.807) is 19.1 Å². The first kappa shape index (κ1) is 16.2. The molecule has 0 aliphatic rings. The molecular formula is C17H17NO3S. The number of aryl methyl sites for hydroxylation is 3.